The quantitative estimate of drug-likeness (QED) is 0.817. The van der Waals surface area contributed by atoms with E-state index in [1.165, 1.54) is 5.56 Å². The fourth-order valence-electron chi connectivity index (χ4n) is 1.98. The van der Waals surface area contributed by atoms with Crippen molar-refractivity contribution >= 4 is 5.97 Å². The van der Waals surface area contributed by atoms with Crippen molar-refractivity contribution in [2.45, 2.75) is 38.1 Å². The Morgan fingerprint density at radius 2 is 1.88 bits per heavy atom. The van der Waals surface area contributed by atoms with E-state index in [0.717, 1.165) is 24.8 Å². The fourth-order valence-corrected chi connectivity index (χ4v) is 1.98. The Hall–Kier alpha value is -1.35. The summed E-state index contributed by atoms with van der Waals surface area (Å²) in [6.45, 7) is 1.73. The maximum atomic E-state index is 10.7. The van der Waals surface area contributed by atoms with Crippen LogP contribution in [0.25, 0.3) is 0 Å². The minimum Gasteiger partial charge on any atom is -0.481 e. The molecular formula is C14H19NO2. The smallest absolute Gasteiger partial charge is 0.306 e. The second-order valence-electron chi connectivity index (χ2n) is 5.30. The van der Waals surface area contributed by atoms with Crippen LogP contribution < -0.4 is 5.73 Å². The van der Waals surface area contributed by atoms with Crippen molar-refractivity contribution in [2.75, 3.05) is 0 Å². The van der Waals surface area contributed by atoms with Crippen molar-refractivity contribution < 1.29 is 9.90 Å². The van der Waals surface area contributed by atoms with E-state index >= 15 is 0 Å². The van der Waals surface area contributed by atoms with E-state index in [0.29, 0.717) is 6.42 Å². The Morgan fingerprint density at radius 1 is 1.35 bits per heavy atom. The highest BCUT2D eigenvalue weighted by Crippen LogP contribution is 2.35. The highest BCUT2D eigenvalue weighted by molar-refractivity contribution is 5.69. The van der Waals surface area contributed by atoms with Crippen molar-refractivity contribution in [3.63, 3.8) is 0 Å². The molecule has 92 valence electrons. The van der Waals surface area contributed by atoms with Crippen molar-refractivity contribution in [1.29, 1.82) is 0 Å². The second-order valence-corrected chi connectivity index (χ2v) is 5.30. The fraction of sp³-hybridized carbons (Fsp3) is 0.500. The van der Waals surface area contributed by atoms with Crippen LogP contribution in [0, 0.1) is 5.92 Å². The molecule has 2 rings (SSSR count). The van der Waals surface area contributed by atoms with Gasteiger partial charge < -0.3 is 10.8 Å². The van der Waals surface area contributed by atoms with Crippen LogP contribution >= 0.6 is 0 Å². The molecule has 1 saturated carbocycles. The van der Waals surface area contributed by atoms with Gasteiger partial charge in [0.05, 0.1) is 5.92 Å². The summed E-state index contributed by atoms with van der Waals surface area (Å²) in [6, 6.07) is 8.16. The van der Waals surface area contributed by atoms with Crippen molar-refractivity contribution in [3.8, 4) is 0 Å². The summed E-state index contributed by atoms with van der Waals surface area (Å²) in [5.41, 5.74) is 8.42. The summed E-state index contributed by atoms with van der Waals surface area (Å²) < 4.78 is 0. The minimum atomic E-state index is -0.743. The first-order chi connectivity index (χ1) is 7.98. The van der Waals surface area contributed by atoms with E-state index in [1.54, 1.807) is 6.92 Å². The van der Waals surface area contributed by atoms with E-state index < -0.39 is 5.97 Å². The number of carbonyl (C=O) groups is 1. The number of nitrogens with two attached hydrogens (primary N) is 1. The number of carboxylic acids is 1. The Labute approximate surface area is 102 Å². The highest BCUT2D eigenvalue weighted by Gasteiger charge is 2.37. The number of carboxylic acid groups (broad SMARTS) is 1. The summed E-state index contributed by atoms with van der Waals surface area (Å²) in [5.74, 6) is -1.07. The molecule has 1 unspecified atom stereocenters. The molecule has 0 saturated heterocycles. The number of rotatable bonds is 5. The van der Waals surface area contributed by atoms with Gasteiger partial charge in [-0.1, -0.05) is 31.2 Å². The molecule has 0 heterocycles. The van der Waals surface area contributed by atoms with Gasteiger partial charge in [0.25, 0.3) is 0 Å². The third-order valence-electron chi connectivity index (χ3n) is 3.43. The van der Waals surface area contributed by atoms with Gasteiger partial charge in [-0.05, 0) is 36.8 Å². The molecule has 3 N–H and O–H groups in total. The maximum absolute atomic E-state index is 10.7. The summed E-state index contributed by atoms with van der Waals surface area (Å²) in [4.78, 5) is 10.7. The Kier molecular flexibility index (Phi) is 3.20. The minimum absolute atomic E-state index is 0.0376. The summed E-state index contributed by atoms with van der Waals surface area (Å²) in [7, 11) is 0. The van der Waals surface area contributed by atoms with Gasteiger partial charge in [-0.15, -0.1) is 0 Å². The monoisotopic (exact) mass is 233 g/mol. The molecule has 3 heteroatoms. The Bertz CT molecular complexity index is 407. The molecule has 0 amide bonds. The number of hydrogen-bond acceptors (Lipinski definition) is 2. The molecule has 0 spiro atoms. The van der Waals surface area contributed by atoms with Gasteiger partial charge in [0, 0.05) is 5.54 Å². The van der Waals surface area contributed by atoms with Gasteiger partial charge in [0.2, 0.25) is 0 Å². The summed E-state index contributed by atoms with van der Waals surface area (Å²) >= 11 is 0. The highest BCUT2D eigenvalue weighted by atomic mass is 16.4. The summed E-state index contributed by atoms with van der Waals surface area (Å²) in [6.07, 6.45) is 3.75. The largest absolute Gasteiger partial charge is 0.481 e. The lowest BCUT2D eigenvalue weighted by molar-refractivity contribution is -0.141. The molecule has 1 aliphatic rings. The number of hydrogen-bond donors (Lipinski definition) is 2. The number of benzene rings is 1. The predicted octanol–water partition coefficient (Wildman–Crippen LogP) is 1.98. The van der Waals surface area contributed by atoms with Gasteiger partial charge in [-0.25, -0.2) is 0 Å². The first-order valence-corrected chi connectivity index (χ1v) is 6.08. The van der Waals surface area contributed by atoms with Crippen LogP contribution in [0.4, 0.5) is 0 Å². The van der Waals surface area contributed by atoms with Crippen molar-refractivity contribution in [1.82, 2.24) is 0 Å². The molecule has 1 fully saturated rings. The Morgan fingerprint density at radius 3 is 2.35 bits per heavy atom. The molecule has 0 aromatic heterocycles. The zero-order valence-corrected chi connectivity index (χ0v) is 10.1. The van der Waals surface area contributed by atoms with E-state index in [1.807, 2.05) is 12.1 Å². The molecule has 1 aromatic rings. The SMILES string of the molecule is CC(Cc1ccc(CC2(N)CC2)cc1)C(=O)O. The lowest BCUT2D eigenvalue weighted by Crippen LogP contribution is -2.24. The van der Waals surface area contributed by atoms with E-state index in [9.17, 15) is 4.79 Å². The second kappa shape index (κ2) is 4.49. The van der Waals surface area contributed by atoms with E-state index in [4.69, 9.17) is 10.8 Å². The third kappa shape index (κ3) is 3.30. The Balaban J connectivity index is 1.95. The normalized spacial score (nSPS) is 18.7. The molecule has 3 nitrogen and oxygen atoms in total. The lowest BCUT2D eigenvalue weighted by atomic mass is 9.98. The molecule has 1 aliphatic carbocycles. The molecule has 0 radical (unpaired) electrons. The van der Waals surface area contributed by atoms with E-state index in [-0.39, 0.29) is 11.5 Å². The zero-order chi connectivity index (χ0) is 12.5. The molecule has 1 atom stereocenters. The van der Waals surface area contributed by atoms with Crippen molar-refractivity contribution in [3.05, 3.63) is 35.4 Å². The molecule has 0 aliphatic heterocycles. The van der Waals surface area contributed by atoms with Gasteiger partial charge in [0.1, 0.15) is 0 Å². The topological polar surface area (TPSA) is 63.3 Å². The summed E-state index contributed by atoms with van der Waals surface area (Å²) in [5, 5.41) is 8.84. The van der Waals surface area contributed by atoms with Crippen LogP contribution in [0.3, 0.4) is 0 Å². The average Bonchev–Trinajstić information content (AvgIpc) is 2.99. The van der Waals surface area contributed by atoms with Gasteiger partial charge in [-0.3, -0.25) is 4.79 Å². The molecule has 17 heavy (non-hydrogen) atoms. The van der Waals surface area contributed by atoms with Crippen LogP contribution in [-0.2, 0) is 17.6 Å². The average molecular weight is 233 g/mol. The maximum Gasteiger partial charge on any atom is 0.306 e. The van der Waals surface area contributed by atoms with Crippen molar-refractivity contribution in [2.24, 2.45) is 11.7 Å². The van der Waals surface area contributed by atoms with Crippen LogP contribution in [-0.4, -0.2) is 16.6 Å². The van der Waals surface area contributed by atoms with Crippen LogP contribution in [0.2, 0.25) is 0 Å². The molecular weight excluding hydrogens is 214 g/mol. The van der Waals surface area contributed by atoms with Crippen LogP contribution in [0.5, 0.6) is 0 Å². The van der Waals surface area contributed by atoms with Gasteiger partial charge in [-0.2, -0.15) is 0 Å². The van der Waals surface area contributed by atoms with Gasteiger partial charge >= 0.3 is 5.97 Å². The first-order valence-electron chi connectivity index (χ1n) is 6.08. The first kappa shape index (κ1) is 12.1. The standard InChI is InChI=1S/C14H19NO2/c1-10(13(16)17)8-11-2-4-12(5-3-11)9-14(15)6-7-14/h2-5,10H,6-9,15H2,1H3,(H,16,17). The lowest BCUT2D eigenvalue weighted by Gasteiger charge is -2.10. The van der Waals surface area contributed by atoms with Gasteiger partial charge in [0.15, 0.2) is 0 Å². The predicted molar refractivity (Wildman–Crippen MR) is 66.8 cm³/mol. The van der Waals surface area contributed by atoms with Crippen LogP contribution in [0.1, 0.15) is 30.9 Å². The van der Waals surface area contributed by atoms with Crippen LogP contribution in [0.15, 0.2) is 24.3 Å². The van der Waals surface area contributed by atoms with E-state index in [2.05, 4.69) is 12.1 Å². The third-order valence-corrected chi connectivity index (χ3v) is 3.43. The zero-order valence-electron chi connectivity index (χ0n) is 10.1. The molecule has 0 bridgehead atoms. The number of aliphatic carboxylic acids is 1. The molecule has 1 aromatic carbocycles.